The lowest BCUT2D eigenvalue weighted by Gasteiger charge is -2.20. The fourth-order valence-electron chi connectivity index (χ4n) is 0.676. The van der Waals surface area contributed by atoms with E-state index in [2.05, 4.69) is 0 Å². The number of rotatable bonds is 4. The molecule has 0 spiro atoms. The second-order valence-corrected chi connectivity index (χ2v) is 2.91. The van der Waals surface area contributed by atoms with Gasteiger partial charge in [-0.2, -0.15) is 13.2 Å². The number of nitrogens with zero attached hydrogens (tertiary/aromatic N) is 2. The predicted octanol–water partition coefficient (Wildman–Crippen LogP) is 0.0953. The van der Waals surface area contributed by atoms with Crippen molar-refractivity contribution in [2.75, 3.05) is 27.2 Å². The van der Waals surface area contributed by atoms with Gasteiger partial charge in [-0.15, -0.1) is 0 Å². The molecular formula is C7H11F3N2O2. The summed E-state index contributed by atoms with van der Waals surface area (Å²) < 4.78 is 35.5. The van der Waals surface area contributed by atoms with E-state index in [0.717, 1.165) is 4.90 Å². The van der Waals surface area contributed by atoms with Crippen LogP contribution in [0.4, 0.5) is 13.2 Å². The monoisotopic (exact) mass is 212 g/mol. The highest BCUT2D eigenvalue weighted by atomic mass is 19.4. The van der Waals surface area contributed by atoms with E-state index in [4.69, 9.17) is 0 Å². The van der Waals surface area contributed by atoms with E-state index in [0.29, 0.717) is 4.90 Å². The summed E-state index contributed by atoms with van der Waals surface area (Å²) in [5, 5.41) is 0. The van der Waals surface area contributed by atoms with Gasteiger partial charge < -0.3 is 9.80 Å². The van der Waals surface area contributed by atoms with Crippen molar-refractivity contribution in [1.29, 1.82) is 0 Å². The summed E-state index contributed by atoms with van der Waals surface area (Å²) in [5.74, 6) is -0.554. The summed E-state index contributed by atoms with van der Waals surface area (Å²) in [4.78, 5) is 22.6. The average molecular weight is 212 g/mol. The Labute approximate surface area is 79.3 Å². The van der Waals surface area contributed by atoms with E-state index in [1.54, 1.807) is 0 Å². The van der Waals surface area contributed by atoms with Crippen molar-refractivity contribution in [1.82, 2.24) is 9.80 Å². The van der Waals surface area contributed by atoms with Crippen molar-refractivity contribution in [3.63, 3.8) is 0 Å². The van der Waals surface area contributed by atoms with Crippen LogP contribution in [0.1, 0.15) is 0 Å². The highest BCUT2D eigenvalue weighted by Crippen LogP contribution is 2.15. The van der Waals surface area contributed by atoms with Crippen LogP contribution in [0.25, 0.3) is 0 Å². The van der Waals surface area contributed by atoms with E-state index in [9.17, 15) is 22.8 Å². The Morgan fingerprint density at radius 3 is 2.14 bits per heavy atom. The van der Waals surface area contributed by atoms with Crippen LogP contribution >= 0.6 is 0 Å². The number of amides is 2. The number of likely N-dealkylation sites (N-methyl/N-ethyl adjacent to an activating group) is 1. The fourth-order valence-corrected chi connectivity index (χ4v) is 0.676. The molecule has 14 heavy (non-hydrogen) atoms. The molecule has 2 amide bonds. The van der Waals surface area contributed by atoms with E-state index in [1.807, 2.05) is 0 Å². The number of alkyl halides is 3. The third-order valence-electron chi connectivity index (χ3n) is 1.37. The van der Waals surface area contributed by atoms with Crippen LogP contribution in [0.3, 0.4) is 0 Å². The zero-order chi connectivity index (χ0) is 11.4. The lowest BCUT2D eigenvalue weighted by atomic mass is 10.4. The molecule has 0 aromatic heterocycles. The zero-order valence-corrected chi connectivity index (χ0v) is 7.84. The van der Waals surface area contributed by atoms with Crippen LogP contribution in [-0.4, -0.2) is 55.5 Å². The molecule has 0 heterocycles. The largest absolute Gasteiger partial charge is 0.406 e. The third kappa shape index (κ3) is 5.39. The van der Waals surface area contributed by atoms with Crippen LogP contribution in [0, 0.1) is 0 Å². The smallest absolute Gasteiger partial charge is 0.347 e. The van der Waals surface area contributed by atoms with Crippen molar-refractivity contribution < 1.29 is 22.8 Å². The maximum absolute atomic E-state index is 11.8. The first kappa shape index (κ1) is 12.7. The van der Waals surface area contributed by atoms with Crippen LogP contribution in [0.5, 0.6) is 0 Å². The third-order valence-corrected chi connectivity index (χ3v) is 1.37. The van der Waals surface area contributed by atoms with Crippen molar-refractivity contribution in [2.24, 2.45) is 0 Å². The SMILES string of the molecule is CN(C)C(=O)CN(C=O)CC(F)(F)F. The minimum atomic E-state index is -4.48. The fraction of sp³-hybridized carbons (Fsp3) is 0.714. The Bertz CT molecular complexity index is 215. The van der Waals surface area contributed by atoms with E-state index >= 15 is 0 Å². The van der Waals surface area contributed by atoms with Gasteiger partial charge in [0.2, 0.25) is 12.3 Å². The van der Waals surface area contributed by atoms with E-state index < -0.39 is 25.2 Å². The van der Waals surface area contributed by atoms with Gasteiger partial charge in [-0.3, -0.25) is 9.59 Å². The molecular weight excluding hydrogens is 201 g/mol. The summed E-state index contributed by atoms with van der Waals surface area (Å²) in [6.45, 7) is -1.97. The molecule has 0 radical (unpaired) electrons. The van der Waals surface area contributed by atoms with Gasteiger partial charge in [0.25, 0.3) is 0 Å². The molecule has 0 fully saturated rings. The molecule has 82 valence electrons. The molecule has 0 bridgehead atoms. The minimum absolute atomic E-state index is 0.00882. The number of halogens is 3. The zero-order valence-electron chi connectivity index (χ0n) is 7.84. The van der Waals surface area contributed by atoms with E-state index in [1.165, 1.54) is 14.1 Å². The molecule has 0 aromatic carbocycles. The molecule has 0 rings (SSSR count). The molecule has 0 aliphatic heterocycles. The number of hydrogen-bond acceptors (Lipinski definition) is 2. The first-order valence-corrected chi connectivity index (χ1v) is 3.72. The number of carbonyl (C=O) groups excluding carboxylic acids is 2. The first-order valence-electron chi connectivity index (χ1n) is 3.72. The van der Waals surface area contributed by atoms with Gasteiger partial charge >= 0.3 is 6.18 Å². The highest BCUT2D eigenvalue weighted by Gasteiger charge is 2.31. The average Bonchev–Trinajstić information content (AvgIpc) is 2.00. The van der Waals surface area contributed by atoms with Crippen molar-refractivity contribution in [3.05, 3.63) is 0 Å². The molecule has 0 unspecified atom stereocenters. The summed E-state index contributed by atoms with van der Waals surface area (Å²) >= 11 is 0. The molecule has 7 heteroatoms. The first-order chi connectivity index (χ1) is 6.26. The molecule has 0 saturated heterocycles. The van der Waals surface area contributed by atoms with Crippen molar-refractivity contribution in [3.8, 4) is 0 Å². The van der Waals surface area contributed by atoms with Gasteiger partial charge in [-0.1, -0.05) is 0 Å². The van der Waals surface area contributed by atoms with Gasteiger partial charge in [-0.25, -0.2) is 0 Å². The van der Waals surface area contributed by atoms with Gasteiger partial charge in [0, 0.05) is 14.1 Å². The number of hydrogen-bond donors (Lipinski definition) is 0. The van der Waals surface area contributed by atoms with E-state index in [-0.39, 0.29) is 6.41 Å². The molecule has 0 aliphatic rings. The summed E-state index contributed by atoms with van der Waals surface area (Å²) in [6.07, 6.45) is -4.47. The lowest BCUT2D eigenvalue weighted by Crippen LogP contribution is -2.40. The van der Waals surface area contributed by atoms with Crippen LogP contribution in [-0.2, 0) is 9.59 Å². The number of carbonyl (C=O) groups is 2. The maximum atomic E-state index is 11.8. The minimum Gasteiger partial charge on any atom is -0.347 e. The second kappa shape index (κ2) is 4.83. The molecule has 0 N–H and O–H groups in total. The standard InChI is InChI=1S/C7H11F3N2O2/c1-11(2)6(14)3-12(5-13)4-7(8,9)10/h5H,3-4H2,1-2H3. The predicted molar refractivity (Wildman–Crippen MR) is 42.4 cm³/mol. The quantitative estimate of drug-likeness (QED) is 0.620. The Morgan fingerprint density at radius 2 is 1.86 bits per heavy atom. The lowest BCUT2D eigenvalue weighted by molar-refractivity contribution is -0.157. The van der Waals surface area contributed by atoms with Crippen LogP contribution in [0.2, 0.25) is 0 Å². The summed E-state index contributed by atoms with van der Waals surface area (Å²) in [5.41, 5.74) is 0. The van der Waals surface area contributed by atoms with Crippen LogP contribution in [0.15, 0.2) is 0 Å². The summed E-state index contributed by atoms with van der Waals surface area (Å²) in [7, 11) is 2.80. The molecule has 0 saturated carbocycles. The van der Waals surface area contributed by atoms with Gasteiger partial charge in [0.1, 0.15) is 6.54 Å². The topological polar surface area (TPSA) is 40.6 Å². The van der Waals surface area contributed by atoms with Crippen molar-refractivity contribution >= 4 is 12.3 Å². The summed E-state index contributed by atoms with van der Waals surface area (Å²) in [6, 6.07) is 0. The Balaban J connectivity index is 4.17. The molecule has 0 aliphatic carbocycles. The Morgan fingerprint density at radius 1 is 1.36 bits per heavy atom. The Hall–Kier alpha value is -1.27. The van der Waals surface area contributed by atoms with Gasteiger partial charge in [-0.05, 0) is 0 Å². The van der Waals surface area contributed by atoms with Crippen LogP contribution < -0.4 is 0 Å². The highest BCUT2D eigenvalue weighted by molar-refractivity contribution is 5.79. The Kier molecular flexibility index (Phi) is 4.39. The second-order valence-electron chi connectivity index (χ2n) is 2.91. The maximum Gasteiger partial charge on any atom is 0.406 e. The normalized spacial score (nSPS) is 10.9. The molecule has 4 nitrogen and oxygen atoms in total. The van der Waals surface area contributed by atoms with Crippen molar-refractivity contribution in [2.45, 2.75) is 6.18 Å². The van der Waals surface area contributed by atoms with Gasteiger partial charge in [0.05, 0.1) is 6.54 Å². The van der Waals surface area contributed by atoms with Gasteiger partial charge in [0.15, 0.2) is 0 Å². The molecule has 0 aromatic rings. The molecule has 0 atom stereocenters.